The molecule has 1 amide bonds. The number of carbonyl (C=O) groups excluding carboxylic acids is 1. The van der Waals surface area contributed by atoms with E-state index in [0.29, 0.717) is 0 Å². The minimum absolute atomic E-state index is 0. The van der Waals surface area contributed by atoms with Gasteiger partial charge in [0.1, 0.15) is 11.9 Å². The van der Waals surface area contributed by atoms with Crippen molar-refractivity contribution in [3.63, 3.8) is 0 Å². The number of aromatic nitrogens is 2. The normalized spacial score (nSPS) is 14.1. The van der Waals surface area contributed by atoms with Crippen molar-refractivity contribution >= 4 is 48.0 Å². The molecular weight excluding hydrogens is 495 g/mol. The molecule has 4 rings (SSSR count). The number of nitrogens with zero attached hydrogens (tertiary/aromatic N) is 4. The molecule has 184 valence electrons. The van der Waals surface area contributed by atoms with Gasteiger partial charge >= 0.3 is 0 Å². The molecule has 9 heteroatoms. The molecule has 1 aliphatic rings. The van der Waals surface area contributed by atoms with E-state index < -0.39 is 0 Å². The molecule has 3 aromatic rings. The lowest BCUT2D eigenvalue weighted by molar-refractivity contribution is -0.129. The zero-order chi connectivity index (χ0) is 22.3. The zero-order valence-corrected chi connectivity index (χ0v) is 21.6. The number of piperazine rings is 1. The highest BCUT2D eigenvalue weighted by molar-refractivity contribution is 6.30. The van der Waals surface area contributed by atoms with Gasteiger partial charge in [0, 0.05) is 56.2 Å². The van der Waals surface area contributed by atoms with Crippen LogP contribution in [0.15, 0.2) is 67.3 Å². The molecule has 1 saturated heterocycles. The summed E-state index contributed by atoms with van der Waals surface area (Å²) in [4.78, 5) is 19.9. The van der Waals surface area contributed by atoms with Crippen LogP contribution in [-0.4, -0.2) is 52.6 Å². The van der Waals surface area contributed by atoms with E-state index in [1.807, 2.05) is 41.7 Å². The number of hydrogen-bond donors (Lipinski definition) is 0. The molecule has 0 N–H and O–H groups in total. The maximum Gasteiger partial charge on any atom is 0.219 e. The Morgan fingerprint density at radius 2 is 1.71 bits per heavy atom. The van der Waals surface area contributed by atoms with Gasteiger partial charge in [0.05, 0.1) is 12.9 Å². The van der Waals surface area contributed by atoms with Crippen molar-refractivity contribution in [2.75, 3.05) is 31.1 Å². The highest BCUT2D eigenvalue weighted by atomic mass is 35.5. The molecule has 0 aliphatic carbocycles. The van der Waals surface area contributed by atoms with Gasteiger partial charge < -0.3 is 19.1 Å². The summed E-state index contributed by atoms with van der Waals surface area (Å²) >= 11 is 6.01. The quantitative estimate of drug-likeness (QED) is 0.409. The Balaban J connectivity index is 0.00000204. The predicted octanol–water partition coefficient (Wildman–Crippen LogP) is 5.13. The molecule has 0 radical (unpaired) electrons. The third kappa shape index (κ3) is 7.83. The summed E-state index contributed by atoms with van der Waals surface area (Å²) in [6.45, 7) is 5.61. The molecule has 1 atom stereocenters. The Labute approximate surface area is 218 Å². The number of amides is 1. The van der Waals surface area contributed by atoms with E-state index in [1.165, 1.54) is 5.56 Å². The number of benzene rings is 2. The van der Waals surface area contributed by atoms with Crippen molar-refractivity contribution in [3.05, 3.63) is 77.8 Å². The van der Waals surface area contributed by atoms with Crippen molar-refractivity contribution in [1.29, 1.82) is 0 Å². The fraction of sp³-hybridized carbons (Fsp3) is 0.360. The fourth-order valence-corrected chi connectivity index (χ4v) is 4.13. The summed E-state index contributed by atoms with van der Waals surface area (Å²) < 4.78 is 8.43. The molecule has 34 heavy (non-hydrogen) atoms. The van der Waals surface area contributed by atoms with Gasteiger partial charge in [-0.1, -0.05) is 23.7 Å². The zero-order valence-electron chi connectivity index (χ0n) is 19.2. The number of hydrogen-bond acceptors (Lipinski definition) is 4. The summed E-state index contributed by atoms with van der Waals surface area (Å²) in [5, 5.41) is 0.753. The average molecular weight is 526 g/mol. The molecule has 0 bridgehead atoms. The van der Waals surface area contributed by atoms with Crippen LogP contribution in [0.3, 0.4) is 0 Å². The van der Waals surface area contributed by atoms with Crippen molar-refractivity contribution in [1.82, 2.24) is 14.5 Å². The third-order valence-corrected chi connectivity index (χ3v) is 6.12. The van der Waals surface area contributed by atoms with Gasteiger partial charge in [-0.3, -0.25) is 4.79 Å². The summed E-state index contributed by atoms with van der Waals surface area (Å²) in [7, 11) is 0. The predicted molar refractivity (Wildman–Crippen MR) is 142 cm³/mol. The maximum atomic E-state index is 11.5. The number of anilines is 1. The Hall–Kier alpha value is -2.41. The second-order valence-corrected chi connectivity index (χ2v) is 8.59. The average Bonchev–Trinajstić information content (AvgIpc) is 3.32. The van der Waals surface area contributed by atoms with Gasteiger partial charge in [-0.25, -0.2) is 4.98 Å². The molecule has 1 aliphatic heterocycles. The van der Waals surface area contributed by atoms with Gasteiger partial charge in [-0.05, 0) is 54.8 Å². The highest BCUT2D eigenvalue weighted by Gasteiger charge is 2.19. The first-order valence-electron chi connectivity index (χ1n) is 11.0. The Kier molecular flexibility index (Phi) is 11.0. The Morgan fingerprint density at radius 3 is 2.29 bits per heavy atom. The van der Waals surface area contributed by atoms with Crippen LogP contribution >= 0.6 is 36.4 Å². The fourth-order valence-electron chi connectivity index (χ4n) is 4.00. The van der Waals surface area contributed by atoms with E-state index in [-0.39, 0.29) is 36.8 Å². The number of aryl methyl sites for hydroxylation is 1. The first kappa shape index (κ1) is 27.8. The summed E-state index contributed by atoms with van der Waals surface area (Å²) in [6.07, 6.45) is 7.38. The summed E-state index contributed by atoms with van der Waals surface area (Å²) in [5.41, 5.74) is 2.40. The van der Waals surface area contributed by atoms with Crippen LogP contribution in [0, 0.1) is 0 Å². The van der Waals surface area contributed by atoms with Crippen molar-refractivity contribution in [3.8, 4) is 5.75 Å². The molecule has 1 aromatic heterocycles. The second-order valence-electron chi connectivity index (χ2n) is 8.15. The van der Waals surface area contributed by atoms with Gasteiger partial charge in [0.25, 0.3) is 0 Å². The first-order valence-corrected chi connectivity index (χ1v) is 11.4. The van der Waals surface area contributed by atoms with E-state index in [4.69, 9.17) is 16.3 Å². The van der Waals surface area contributed by atoms with E-state index >= 15 is 0 Å². The van der Waals surface area contributed by atoms with Gasteiger partial charge in [-0.2, -0.15) is 0 Å². The summed E-state index contributed by atoms with van der Waals surface area (Å²) in [6, 6.07) is 16.3. The van der Waals surface area contributed by atoms with Crippen LogP contribution in [0.25, 0.3) is 0 Å². The molecule has 1 unspecified atom stereocenters. The third-order valence-electron chi connectivity index (χ3n) is 5.87. The number of imidazole rings is 1. The van der Waals surface area contributed by atoms with Crippen molar-refractivity contribution < 1.29 is 9.53 Å². The molecule has 0 saturated carbocycles. The highest BCUT2D eigenvalue weighted by Crippen LogP contribution is 2.23. The van der Waals surface area contributed by atoms with E-state index in [0.717, 1.165) is 62.0 Å². The number of rotatable bonds is 8. The molecule has 1 fully saturated rings. The molecule has 0 spiro atoms. The summed E-state index contributed by atoms with van der Waals surface area (Å²) in [5.74, 6) is 1.01. The minimum Gasteiger partial charge on any atom is -0.489 e. The standard InChI is InChI=1S/C25H29ClN4O2.2ClH/c1-20(31)29-14-16-30(17-15-29)23-7-10-24(11-8-23)32-25(18-28-13-12-27-19-28)9-4-21-2-5-22(26)6-3-21;;/h2-3,5-8,10-13,19,25H,4,9,14-18H2,1H3;2*1H. The number of carbonyl (C=O) groups is 1. The lowest BCUT2D eigenvalue weighted by Gasteiger charge is -2.35. The van der Waals surface area contributed by atoms with Crippen LogP contribution in [0.4, 0.5) is 5.69 Å². The Bertz CT molecular complexity index is 990. The van der Waals surface area contributed by atoms with E-state index in [2.05, 4.69) is 38.7 Å². The maximum absolute atomic E-state index is 11.5. The van der Waals surface area contributed by atoms with Crippen LogP contribution in [0.2, 0.25) is 5.02 Å². The monoisotopic (exact) mass is 524 g/mol. The van der Waals surface area contributed by atoms with Crippen LogP contribution in [0.1, 0.15) is 18.9 Å². The van der Waals surface area contributed by atoms with Crippen LogP contribution in [0.5, 0.6) is 5.75 Å². The van der Waals surface area contributed by atoms with Crippen LogP contribution < -0.4 is 9.64 Å². The topological polar surface area (TPSA) is 50.6 Å². The van der Waals surface area contributed by atoms with Crippen molar-refractivity contribution in [2.45, 2.75) is 32.4 Å². The van der Waals surface area contributed by atoms with E-state index in [9.17, 15) is 4.79 Å². The second kappa shape index (κ2) is 13.5. The first-order chi connectivity index (χ1) is 15.6. The lowest BCUT2D eigenvalue weighted by Crippen LogP contribution is -2.48. The number of halogens is 3. The minimum atomic E-state index is 0. The molecule has 2 heterocycles. The van der Waals surface area contributed by atoms with Crippen LogP contribution in [-0.2, 0) is 17.8 Å². The largest absolute Gasteiger partial charge is 0.489 e. The van der Waals surface area contributed by atoms with Gasteiger partial charge in [-0.15, -0.1) is 24.8 Å². The smallest absolute Gasteiger partial charge is 0.219 e. The van der Waals surface area contributed by atoms with Gasteiger partial charge in [0.15, 0.2) is 0 Å². The Morgan fingerprint density at radius 1 is 1.03 bits per heavy atom. The SMILES string of the molecule is CC(=O)N1CCN(c2ccc(OC(CCc3ccc(Cl)cc3)Cn3ccnc3)cc2)CC1.Cl.Cl. The number of ether oxygens (including phenoxy) is 1. The molecular formula is C25H31Cl3N4O2. The van der Waals surface area contributed by atoms with Crippen molar-refractivity contribution in [2.24, 2.45) is 0 Å². The molecule has 6 nitrogen and oxygen atoms in total. The lowest BCUT2D eigenvalue weighted by atomic mass is 10.1. The molecule has 2 aromatic carbocycles. The van der Waals surface area contributed by atoms with Gasteiger partial charge in [0.2, 0.25) is 5.91 Å². The van der Waals surface area contributed by atoms with E-state index in [1.54, 1.807) is 13.1 Å².